The number of hydrogen-bond acceptors (Lipinski definition) is 2. The highest BCUT2D eigenvalue weighted by molar-refractivity contribution is 5.86. The Bertz CT molecular complexity index is 493. The molecule has 2 N–H and O–H groups in total. The number of nitrogens with one attached hydrogen (secondary N) is 2. The summed E-state index contributed by atoms with van der Waals surface area (Å²) in [7, 11) is 0. The van der Waals surface area contributed by atoms with Crippen molar-refractivity contribution in [2.24, 2.45) is 0 Å². The largest absolute Gasteiger partial charge is 0.352 e. The maximum absolute atomic E-state index is 13.6. The third-order valence-electron chi connectivity index (χ3n) is 4.07. The van der Waals surface area contributed by atoms with Gasteiger partial charge in [0.2, 0.25) is 5.91 Å². The fourth-order valence-electron chi connectivity index (χ4n) is 2.72. The van der Waals surface area contributed by atoms with Crippen molar-refractivity contribution in [3.8, 4) is 0 Å². The zero-order valence-electron chi connectivity index (χ0n) is 12.5. The van der Waals surface area contributed by atoms with E-state index in [4.69, 9.17) is 0 Å². The molecule has 1 saturated heterocycles. The first kappa shape index (κ1) is 15.9. The average molecular weight is 296 g/mol. The van der Waals surface area contributed by atoms with E-state index in [0.29, 0.717) is 0 Å². The van der Waals surface area contributed by atoms with Crippen LogP contribution in [0.2, 0.25) is 0 Å². The number of hydrogen-bond donors (Lipinski definition) is 2. The number of rotatable bonds is 4. The molecule has 2 atom stereocenters. The highest BCUT2D eigenvalue weighted by Crippen LogP contribution is 2.20. The van der Waals surface area contributed by atoms with Crippen LogP contribution in [0.1, 0.15) is 38.7 Å². The van der Waals surface area contributed by atoms with E-state index >= 15 is 0 Å². The Morgan fingerprint density at radius 1 is 1.38 bits per heavy atom. The zero-order valence-corrected chi connectivity index (χ0v) is 12.5. The van der Waals surface area contributed by atoms with Gasteiger partial charge in [0.1, 0.15) is 11.6 Å². The molecule has 0 aromatic heterocycles. The molecule has 1 aliphatic heterocycles. The summed E-state index contributed by atoms with van der Waals surface area (Å²) in [6, 6.07) is 3.47. The van der Waals surface area contributed by atoms with Gasteiger partial charge in [-0.15, -0.1) is 0 Å². The van der Waals surface area contributed by atoms with Crippen molar-refractivity contribution in [1.29, 1.82) is 0 Å². The van der Waals surface area contributed by atoms with Gasteiger partial charge in [-0.05, 0) is 58.2 Å². The van der Waals surface area contributed by atoms with Gasteiger partial charge in [-0.1, -0.05) is 6.07 Å². The van der Waals surface area contributed by atoms with E-state index in [1.807, 2.05) is 6.92 Å². The number of halogens is 2. The number of carbonyl (C=O) groups is 1. The predicted octanol–water partition coefficient (Wildman–Crippen LogP) is 2.54. The fourth-order valence-corrected chi connectivity index (χ4v) is 2.72. The molecule has 1 heterocycles. The Kier molecular flexibility index (Phi) is 4.93. The lowest BCUT2D eigenvalue weighted by molar-refractivity contribution is -0.128. The van der Waals surface area contributed by atoms with E-state index < -0.39 is 17.2 Å². The van der Waals surface area contributed by atoms with Crippen LogP contribution in [0.15, 0.2) is 18.2 Å². The first-order valence-electron chi connectivity index (χ1n) is 7.41. The molecule has 0 radical (unpaired) electrons. The Morgan fingerprint density at radius 3 is 2.62 bits per heavy atom. The minimum atomic E-state index is -0.583. The van der Waals surface area contributed by atoms with Gasteiger partial charge >= 0.3 is 0 Å². The summed E-state index contributed by atoms with van der Waals surface area (Å²) < 4.78 is 27.2. The SMILES string of the molecule is CC(Cc1c(F)cccc1F)NC(=O)C1(C)CCCCN1. The van der Waals surface area contributed by atoms with Crippen LogP contribution in [0.5, 0.6) is 0 Å². The van der Waals surface area contributed by atoms with Crippen molar-refractivity contribution < 1.29 is 13.6 Å². The van der Waals surface area contributed by atoms with Gasteiger partial charge in [0, 0.05) is 11.6 Å². The molecule has 1 aromatic rings. The second-order valence-corrected chi connectivity index (χ2v) is 5.99. The quantitative estimate of drug-likeness (QED) is 0.896. The van der Waals surface area contributed by atoms with Gasteiger partial charge in [0.25, 0.3) is 0 Å². The maximum Gasteiger partial charge on any atom is 0.240 e. The van der Waals surface area contributed by atoms with Gasteiger partial charge < -0.3 is 10.6 Å². The van der Waals surface area contributed by atoms with Crippen molar-refractivity contribution in [2.45, 2.75) is 51.1 Å². The Balaban J connectivity index is 1.98. The fraction of sp³-hybridized carbons (Fsp3) is 0.562. The Hall–Kier alpha value is -1.49. The van der Waals surface area contributed by atoms with Gasteiger partial charge in [-0.25, -0.2) is 8.78 Å². The minimum absolute atomic E-state index is 0.0204. The van der Waals surface area contributed by atoms with Gasteiger partial charge in [0.05, 0.1) is 5.54 Å². The summed E-state index contributed by atoms with van der Waals surface area (Å²) >= 11 is 0. The molecule has 2 unspecified atom stereocenters. The maximum atomic E-state index is 13.6. The van der Waals surface area contributed by atoms with E-state index in [9.17, 15) is 13.6 Å². The lowest BCUT2D eigenvalue weighted by Gasteiger charge is -2.34. The van der Waals surface area contributed by atoms with E-state index in [0.717, 1.165) is 25.8 Å². The van der Waals surface area contributed by atoms with Crippen LogP contribution in [0.4, 0.5) is 8.78 Å². The summed E-state index contributed by atoms with van der Waals surface area (Å²) in [4.78, 5) is 12.3. The Morgan fingerprint density at radius 2 is 2.05 bits per heavy atom. The van der Waals surface area contributed by atoms with Crippen molar-refractivity contribution in [3.63, 3.8) is 0 Å². The van der Waals surface area contributed by atoms with Gasteiger partial charge in [-0.3, -0.25) is 4.79 Å². The standard InChI is InChI=1S/C16H22F2N2O/c1-11(10-12-13(17)6-5-7-14(12)18)20-15(21)16(2)8-3-4-9-19-16/h5-7,11,19H,3-4,8-10H2,1-2H3,(H,20,21). The second-order valence-electron chi connectivity index (χ2n) is 5.99. The van der Waals surface area contributed by atoms with Crippen molar-refractivity contribution in [3.05, 3.63) is 35.4 Å². The van der Waals surface area contributed by atoms with Crippen LogP contribution in [0.3, 0.4) is 0 Å². The molecular weight excluding hydrogens is 274 g/mol. The molecule has 116 valence electrons. The van der Waals surface area contributed by atoms with Crippen LogP contribution >= 0.6 is 0 Å². The summed E-state index contributed by atoms with van der Waals surface area (Å²) in [5.41, 5.74) is -0.563. The molecule has 0 bridgehead atoms. The molecule has 3 nitrogen and oxygen atoms in total. The molecule has 2 rings (SSSR count). The first-order chi connectivity index (χ1) is 9.92. The molecule has 0 spiro atoms. The molecule has 0 aliphatic carbocycles. The van der Waals surface area contributed by atoms with E-state index in [2.05, 4.69) is 10.6 Å². The summed E-state index contributed by atoms with van der Waals surface area (Å²) in [5, 5.41) is 6.09. The van der Waals surface area contributed by atoms with Crippen LogP contribution in [0.25, 0.3) is 0 Å². The highest BCUT2D eigenvalue weighted by atomic mass is 19.1. The number of benzene rings is 1. The third kappa shape index (κ3) is 3.79. The normalized spacial score (nSPS) is 23.6. The molecule has 1 fully saturated rings. The topological polar surface area (TPSA) is 41.1 Å². The molecule has 5 heteroatoms. The summed E-state index contributed by atoms with van der Waals surface area (Å²) in [6.45, 7) is 4.45. The van der Waals surface area contributed by atoms with Gasteiger partial charge in [-0.2, -0.15) is 0 Å². The summed E-state index contributed by atoms with van der Waals surface area (Å²) in [5.74, 6) is -1.25. The molecule has 0 saturated carbocycles. The molecule has 1 amide bonds. The first-order valence-corrected chi connectivity index (χ1v) is 7.41. The molecule has 1 aromatic carbocycles. The van der Waals surface area contributed by atoms with Crippen LogP contribution in [-0.2, 0) is 11.2 Å². The van der Waals surface area contributed by atoms with E-state index in [1.165, 1.54) is 18.2 Å². The van der Waals surface area contributed by atoms with Gasteiger partial charge in [0.15, 0.2) is 0 Å². The van der Waals surface area contributed by atoms with Crippen molar-refractivity contribution in [1.82, 2.24) is 10.6 Å². The average Bonchev–Trinajstić information content (AvgIpc) is 2.44. The zero-order chi connectivity index (χ0) is 15.5. The van der Waals surface area contributed by atoms with Crippen molar-refractivity contribution in [2.75, 3.05) is 6.54 Å². The van der Waals surface area contributed by atoms with E-state index in [1.54, 1.807) is 6.92 Å². The monoisotopic (exact) mass is 296 g/mol. The summed E-state index contributed by atoms with van der Waals surface area (Å²) in [6.07, 6.45) is 2.99. The minimum Gasteiger partial charge on any atom is -0.352 e. The van der Waals surface area contributed by atoms with Crippen LogP contribution in [0, 0.1) is 11.6 Å². The molecule has 21 heavy (non-hydrogen) atoms. The van der Waals surface area contributed by atoms with Crippen molar-refractivity contribution >= 4 is 5.91 Å². The lowest BCUT2D eigenvalue weighted by Crippen LogP contribution is -2.58. The highest BCUT2D eigenvalue weighted by Gasteiger charge is 2.34. The smallest absolute Gasteiger partial charge is 0.240 e. The number of carbonyl (C=O) groups excluding carboxylic acids is 1. The molecular formula is C16H22F2N2O. The second kappa shape index (κ2) is 6.52. The number of piperidine rings is 1. The van der Waals surface area contributed by atoms with Crippen LogP contribution in [-0.4, -0.2) is 24.0 Å². The van der Waals surface area contributed by atoms with E-state index in [-0.39, 0.29) is 23.9 Å². The lowest BCUT2D eigenvalue weighted by atomic mass is 9.89. The third-order valence-corrected chi connectivity index (χ3v) is 4.07. The Labute approximate surface area is 124 Å². The number of amides is 1. The van der Waals surface area contributed by atoms with Crippen LogP contribution < -0.4 is 10.6 Å². The predicted molar refractivity (Wildman–Crippen MR) is 77.9 cm³/mol. The molecule has 1 aliphatic rings.